The molecule has 1 heterocycles. The highest BCUT2D eigenvalue weighted by Gasteiger charge is 2.39. The summed E-state index contributed by atoms with van der Waals surface area (Å²) in [6.07, 6.45) is -9.27. The second-order valence-electron chi connectivity index (χ2n) is 6.51. The van der Waals surface area contributed by atoms with Crippen molar-refractivity contribution in [1.82, 2.24) is 10.2 Å². The number of halogens is 7. The van der Waals surface area contributed by atoms with Crippen molar-refractivity contribution >= 4 is 11.6 Å². The van der Waals surface area contributed by atoms with E-state index in [1.54, 1.807) is 4.90 Å². The van der Waals surface area contributed by atoms with Crippen molar-refractivity contribution in [3.8, 4) is 0 Å². The zero-order valence-corrected chi connectivity index (χ0v) is 15.3. The molecule has 0 radical (unpaired) electrons. The molecule has 0 spiro atoms. The lowest BCUT2D eigenvalue weighted by molar-refractivity contribution is -0.139. The molecule has 1 fully saturated rings. The molecule has 1 aliphatic heterocycles. The number of hydrogen-bond donors (Lipinski definition) is 1. The van der Waals surface area contributed by atoms with Gasteiger partial charge in [-0.15, -0.1) is 0 Å². The predicted molar refractivity (Wildman–Crippen MR) is 94.2 cm³/mol. The van der Waals surface area contributed by atoms with Crippen LogP contribution in [0.2, 0.25) is 5.02 Å². The Morgan fingerprint density at radius 3 is 2.11 bits per heavy atom. The quantitative estimate of drug-likeness (QED) is 0.669. The van der Waals surface area contributed by atoms with Crippen LogP contribution in [0.3, 0.4) is 0 Å². The molecule has 3 rings (SSSR count). The van der Waals surface area contributed by atoms with E-state index in [4.69, 9.17) is 11.6 Å². The van der Waals surface area contributed by atoms with Gasteiger partial charge in [0, 0.05) is 31.2 Å². The summed E-state index contributed by atoms with van der Waals surface area (Å²) in [7, 11) is 0. The summed E-state index contributed by atoms with van der Waals surface area (Å²) in [6, 6.07) is 6.66. The van der Waals surface area contributed by atoms with Gasteiger partial charge in [-0.3, -0.25) is 4.90 Å². The van der Waals surface area contributed by atoms with E-state index >= 15 is 0 Å². The molecule has 0 aromatic heterocycles. The van der Waals surface area contributed by atoms with E-state index in [1.165, 1.54) is 18.2 Å². The number of nitrogens with zero attached hydrogens (tertiary/aromatic N) is 1. The Balaban J connectivity index is 2.20. The zero-order chi connectivity index (χ0) is 20.5. The minimum Gasteiger partial charge on any atom is -0.314 e. The molecule has 152 valence electrons. The van der Waals surface area contributed by atoms with Gasteiger partial charge in [0.25, 0.3) is 0 Å². The maximum absolute atomic E-state index is 13.6. The van der Waals surface area contributed by atoms with Gasteiger partial charge in [0.1, 0.15) is 0 Å². The van der Waals surface area contributed by atoms with Crippen LogP contribution in [-0.4, -0.2) is 31.1 Å². The first-order valence-corrected chi connectivity index (χ1v) is 8.94. The molecule has 2 aromatic carbocycles. The maximum atomic E-state index is 13.6. The lowest BCUT2D eigenvalue weighted by Crippen LogP contribution is -2.45. The van der Waals surface area contributed by atoms with Crippen LogP contribution in [0.25, 0.3) is 0 Å². The average molecular weight is 423 g/mol. The van der Waals surface area contributed by atoms with E-state index in [0.29, 0.717) is 26.2 Å². The first-order valence-electron chi connectivity index (χ1n) is 8.56. The van der Waals surface area contributed by atoms with Gasteiger partial charge in [-0.05, 0) is 35.4 Å². The molecule has 1 unspecified atom stereocenters. The van der Waals surface area contributed by atoms with Crippen molar-refractivity contribution < 1.29 is 26.3 Å². The normalized spacial score (nSPS) is 17.5. The van der Waals surface area contributed by atoms with Crippen molar-refractivity contribution in [1.29, 1.82) is 0 Å². The highest BCUT2D eigenvalue weighted by atomic mass is 35.5. The van der Waals surface area contributed by atoms with Crippen LogP contribution in [0, 0.1) is 0 Å². The molecule has 0 bridgehead atoms. The maximum Gasteiger partial charge on any atom is 0.416 e. The lowest BCUT2D eigenvalue weighted by Gasteiger charge is -2.37. The van der Waals surface area contributed by atoms with Crippen molar-refractivity contribution in [2.24, 2.45) is 0 Å². The Hall–Kier alpha value is -1.77. The molecular formula is C19H17ClF6N2. The Morgan fingerprint density at radius 2 is 1.50 bits per heavy atom. The van der Waals surface area contributed by atoms with Crippen molar-refractivity contribution in [3.63, 3.8) is 0 Å². The smallest absolute Gasteiger partial charge is 0.314 e. The average Bonchev–Trinajstić information content (AvgIpc) is 2.63. The molecular weight excluding hydrogens is 406 g/mol. The fourth-order valence-corrected chi connectivity index (χ4v) is 3.65. The standard InChI is InChI=1S/C19H17ClF6N2/c20-16-6-5-12(18(21,22)23)11-14(16)17(28-9-7-27-8-10-28)13-3-1-2-4-15(13)19(24,25)26/h1-6,11,17,27H,7-10H2. The largest absolute Gasteiger partial charge is 0.416 e. The second kappa shape index (κ2) is 7.93. The van der Waals surface area contributed by atoms with Crippen LogP contribution in [0.5, 0.6) is 0 Å². The van der Waals surface area contributed by atoms with Gasteiger partial charge in [0.15, 0.2) is 0 Å². The van der Waals surface area contributed by atoms with Crippen LogP contribution in [0.1, 0.15) is 28.3 Å². The van der Waals surface area contributed by atoms with Gasteiger partial charge in [-0.1, -0.05) is 29.8 Å². The third-order valence-electron chi connectivity index (χ3n) is 4.70. The number of nitrogens with one attached hydrogen (secondary N) is 1. The molecule has 2 aromatic rings. The molecule has 0 amide bonds. The topological polar surface area (TPSA) is 15.3 Å². The molecule has 9 heteroatoms. The molecule has 1 aliphatic rings. The molecule has 1 atom stereocenters. The van der Waals surface area contributed by atoms with Gasteiger partial charge >= 0.3 is 12.4 Å². The highest BCUT2D eigenvalue weighted by Crippen LogP contribution is 2.42. The van der Waals surface area contributed by atoms with E-state index in [9.17, 15) is 26.3 Å². The fraction of sp³-hybridized carbons (Fsp3) is 0.368. The number of piperazine rings is 1. The van der Waals surface area contributed by atoms with Crippen LogP contribution in [0.15, 0.2) is 42.5 Å². The van der Waals surface area contributed by atoms with E-state index in [0.717, 1.165) is 24.3 Å². The third-order valence-corrected chi connectivity index (χ3v) is 5.04. The lowest BCUT2D eigenvalue weighted by atomic mass is 9.91. The van der Waals surface area contributed by atoms with Crippen LogP contribution >= 0.6 is 11.6 Å². The number of hydrogen-bond acceptors (Lipinski definition) is 2. The Labute approximate surface area is 163 Å². The van der Waals surface area contributed by atoms with E-state index in [1.807, 2.05) is 0 Å². The van der Waals surface area contributed by atoms with E-state index < -0.39 is 29.5 Å². The Morgan fingerprint density at radius 1 is 0.857 bits per heavy atom. The second-order valence-corrected chi connectivity index (χ2v) is 6.91. The summed E-state index contributed by atoms with van der Waals surface area (Å²) in [4.78, 5) is 1.72. The SMILES string of the molecule is FC(F)(F)c1ccc(Cl)c(C(c2ccccc2C(F)(F)F)N2CCNCC2)c1. The first-order chi connectivity index (χ1) is 13.1. The summed E-state index contributed by atoms with van der Waals surface area (Å²) in [6.45, 7) is 1.79. The van der Waals surface area contributed by atoms with Gasteiger partial charge < -0.3 is 5.32 Å². The van der Waals surface area contributed by atoms with Gasteiger partial charge in [-0.2, -0.15) is 26.3 Å². The Kier molecular flexibility index (Phi) is 5.93. The monoisotopic (exact) mass is 422 g/mol. The fourth-order valence-electron chi connectivity index (χ4n) is 3.42. The molecule has 28 heavy (non-hydrogen) atoms. The minimum absolute atomic E-state index is 0.00601. The summed E-state index contributed by atoms with van der Waals surface area (Å²) in [5.41, 5.74) is -1.93. The molecule has 1 saturated heterocycles. The number of alkyl halides is 6. The van der Waals surface area contributed by atoms with Crippen LogP contribution < -0.4 is 5.32 Å². The van der Waals surface area contributed by atoms with Gasteiger partial charge in [-0.25, -0.2) is 0 Å². The molecule has 0 saturated carbocycles. The first kappa shape index (κ1) is 21.0. The van der Waals surface area contributed by atoms with Gasteiger partial charge in [0.05, 0.1) is 17.2 Å². The van der Waals surface area contributed by atoms with E-state index in [-0.39, 0.29) is 16.1 Å². The van der Waals surface area contributed by atoms with Crippen molar-refractivity contribution in [2.75, 3.05) is 26.2 Å². The number of rotatable bonds is 3. The van der Waals surface area contributed by atoms with E-state index in [2.05, 4.69) is 5.32 Å². The summed E-state index contributed by atoms with van der Waals surface area (Å²) in [5.74, 6) is 0. The van der Waals surface area contributed by atoms with Crippen LogP contribution in [-0.2, 0) is 12.4 Å². The predicted octanol–water partition coefficient (Wildman–Crippen LogP) is 5.37. The van der Waals surface area contributed by atoms with Crippen molar-refractivity contribution in [2.45, 2.75) is 18.4 Å². The highest BCUT2D eigenvalue weighted by molar-refractivity contribution is 6.31. The van der Waals surface area contributed by atoms with Crippen LogP contribution in [0.4, 0.5) is 26.3 Å². The van der Waals surface area contributed by atoms with Gasteiger partial charge in [0.2, 0.25) is 0 Å². The summed E-state index contributed by atoms with van der Waals surface area (Å²) >= 11 is 6.19. The number of benzene rings is 2. The Bertz CT molecular complexity index is 828. The third kappa shape index (κ3) is 4.45. The molecule has 2 nitrogen and oxygen atoms in total. The molecule has 0 aliphatic carbocycles. The zero-order valence-electron chi connectivity index (χ0n) is 14.5. The summed E-state index contributed by atoms with van der Waals surface area (Å²) < 4.78 is 80.5. The summed E-state index contributed by atoms with van der Waals surface area (Å²) in [5, 5.41) is 3.08. The minimum atomic E-state index is -4.64. The molecule has 1 N–H and O–H groups in total. The van der Waals surface area contributed by atoms with Crippen molar-refractivity contribution in [3.05, 3.63) is 69.7 Å².